The first-order valence-corrected chi connectivity index (χ1v) is 5.93. The summed E-state index contributed by atoms with van der Waals surface area (Å²) in [6, 6.07) is 0. The minimum Gasteiger partial charge on any atom is -0.0853 e. The molecule has 96 valence electrons. The van der Waals surface area contributed by atoms with E-state index < -0.39 is 0 Å². The van der Waals surface area contributed by atoms with E-state index >= 15 is 0 Å². The SMILES string of the molecule is C.C.CC1=C(C)CCC1.CC1=CCCC1C. The lowest BCUT2D eigenvalue weighted by Crippen LogP contribution is -1.85. The Hall–Kier alpha value is -0.520. The van der Waals surface area contributed by atoms with Gasteiger partial charge in [0.05, 0.1) is 0 Å². The summed E-state index contributed by atoms with van der Waals surface area (Å²) in [4.78, 5) is 0. The molecule has 0 spiro atoms. The number of hydrogen-bond donors (Lipinski definition) is 0. The van der Waals surface area contributed by atoms with Crippen molar-refractivity contribution in [1.82, 2.24) is 0 Å². The Labute approximate surface area is 104 Å². The minimum atomic E-state index is 0. The van der Waals surface area contributed by atoms with Gasteiger partial charge in [0, 0.05) is 0 Å². The van der Waals surface area contributed by atoms with Crippen molar-refractivity contribution < 1.29 is 0 Å². The van der Waals surface area contributed by atoms with Crippen LogP contribution in [0.1, 0.15) is 74.7 Å². The molecule has 0 bridgehead atoms. The van der Waals surface area contributed by atoms with E-state index in [4.69, 9.17) is 0 Å². The fourth-order valence-electron chi connectivity index (χ4n) is 2.04. The maximum Gasteiger partial charge on any atom is -0.0231 e. The van der Waals surface area contributed by atoms with Crippen LogP contribution in [-0.2, 0) is 0 Å². The van der Waals surface area contributed by atoms with Gasteiger partial charge in [-0.15, -0.1) is 0 Å². The average Bonchev–Trinajstić information content (AvgIpc) is 2.67. The van der Waals surface area contributed by atoms with Crippen molar-refractivity contribution in [2.75, 3.05) is 0 Å². The molecule has 0 heteroatoms. The molecular weight excluding hydrogens is 192 g/mol. The van der Waals surface area contributed by atoms with E-state index in [0.29, 0.717) is 0 Å². The molecule has 0 radical (unpaired) electrons. The van der Waals surface area contributed by atoms with E-state index in [-0.39, 0.29) is 14.9 Å². The van der Waals surface area contributed by atoms with Crippen molar-refractivity contribution in [1.29, 1.82) is 0 Å². The second kappa shape index (κ2) is 8.61. The molecule has 0 amide bonds. The molecule has 2 aliphatic rings. The second-order valence-corrected chi connectivity index (χ2v) is 4.84. The molecule has 1 atom stereocenters. The van der Waals surface area contributed by atoms with E-state index in [1.807, 2.05) is 0 Å². The van der Waals surface area contributed by atoms with E-state index in [1.165, 1.54) is 32.1 Å². The molecule has 0 saturated heterocycles. The van der Waals surface area contributed by atoms with Gasteiger partial charge in [-0.3, -0.25) is 0 Å². The highest BCUT2D eigenvalue weighted by Crippen LogP contribution is 2.24. The number of hydrogen-bond acceptors (Lipinski definition) is 0. The van der Waals surface area contributed by atoms with Gasteiger partial charge in [0.1, 0.15) is 0 Å². The molecule has 0 aromatic heterocycles. The van der Waals surface area contributed by atoms with Gasteiger partial charge in [-0.25, -0.2) is 0 Å². The molecule has 0 nitrogen and oxygen atoms in total. The quantitative estimate of drug-likeness (QED) is 0.433. The monoisotopic (exact) mass is 224 g/mol. The molecule has 2 aliphatic carbocycles. The topological polar surface area (TPSA) is 0 Å². The lowest BCUT2D eigenvalue weighted by molar-refractivity contribution is 0.670. The summed E-state index contributed by atoms with van der Waals surface area (Å²) in [5.41, 5.74) is 4.83. The summed E-state index contributed by atoms with van der Waals surface area (Å²) in [6.07, 6.45) is 9.14. The summed E-state index contributed by atoms with van der Waals surface area (Å²) < 4.78 is 0. The molecule has 0 fully saturated rings. The van der Waals surface area contributed by atoms with Gasteiger partial charge in [-0.05, 0) is 58.8 Å². The third-order valence-electron chi connectivity index (χ3n) is 3.68. The van der Waals surface area contributed by atoms with Crippen molar-refractivity contribution >= 4 is 0 Å². The zero-order valence-corrected chi connectivity index (χ0v) is 10.2. The predicted octanol–water partition coefficient (Wildman–Crippen LogP) is 6.14. The smallest absolute Gasteiger partial charge is 0.0231 e. The standard InChI is InChI=1S/2C7H12.2CH4/c2*1-6-4-3-5-7(6)2;;/h3-5H2,1-2H3;4,7H,3,5H2,1-2H3;2*1H4. The van der Waals surface area contributed by atoms with Gasteiger partial charge in [-0.2, -0.15) is 0 Å². The molecule has 0 aliphatic heterocycles. The van der Waals surface area contributed by atoms with Crippen LogP contribution in [0.2, 0.25) is 0 Å². The average molecular weight is 224 g/mol. The van der Waals surface area contributed by atoms with Gasteiger partial charge >= 0.3 is 0 Å². The zero-order chi connectivity index (χ0) is 10.6. The first-order chi connectivity index (χ1) is 6.61. The molecule has 0 heterocycles. The van der Waals surface area contributed by atoms with Gasteiger partial charge in [0.15, 0.2) is 0 Å². The van der Waals surface area contributed by atoms with Crippen molar-refractivity contribution in [3.8, 4) is 0 Å². The Morgan fingerprint density at radius 1 is 1.00 bits per heavy atom. The van der Waals surface area contributed by atoms with Crippen LogP contribution < -0.4 is 0 Å². The van der Waals surface area contributed by atoms with Gasteiger partial charge in [0.25, 0.3) is 0 Å². The maximum absolute atomic E-state index is 2.34. The Balaban J connectivity index is 0. The molecule has 16 heavy (non-hydrogen) atoms. The van der Waals surface area contributed by atoms with Gasteiger partial charge in [0.2, 0.25) is 0 Å². The van der Waals surface area contributed by atoms with Crippen LogP contribution in [0.15, 0.2) is 22.8 Å². The van der Waals surface area contributed by atoms with Crippen LogP contribution in [0.4, 0.5) is 0 Å². The summed E-state index contributed by atoms with van der Waals surface area (Å²) in [6.45, 7) is 8.99. The van der Waals surface area contributed by atoms with Crippen LogP contribution in [0.25, 0.3) is 0 Å². The van der Waals surface area contributed by atoms with Crippen molar-refractivity contribution in [3.05, 3.63) is 22.8 Å². The fourth-order valence-corrected chi connectivity index (χ4v) is 2.04. The lowest BCUT2D eigenvalue weighted by Gasteiger charge is -1.98. The molecular formula is C16H32. The predicted molar refractivity (Wildman–Crippen MR) is 77.8 cm³/mol. The van der Waals surface area contributed by atoms with E-state index in [1.54, 1.807) is 16.7 Å². The van der Waals surface area contributed by atoms with Crippen molar-refractivity contribution in [2.24, 2.45) is 5.92 Å². The first-order valence-electron chi connectivity index (χ1n) is 5.93. The number of rotatable bonds is 0. The zero-order valence-electron chi connectivity index (χ0n) is 10.2. The Morgan fingerprint density at radius 2 is 1.50 bits per heavy atom. The highest BCUT2D eigenvalue weighted by Gasteiger charge is 2.07. The van der Waals surface area contributed by atoms with Crippen molar-refractivity contribution in [3.63, 3.8) is 0 Å². The first kappa shape index (κ1) is 17.9. The van der Waals surface area contributed by atoms with Crippen LogP contribution in [0.3, 0.4) is 0 Å². The molecule has 2 rings (SSSR count). The van der Waals surface area contributed by atoms with Crippen molar-refractivity contribution in [2.45, 2.75) is 74.7 Å². The van der Waals surface area contributed by atoms with Gasteiger partial charge in [-0.1, -0.05) is 44.6 Å². The Morgan fingerprint density at radius 3 is 1.62 bits per heavy atom. The Kier molecular flexibility index (Phi) is 9.61. The summed E-state index contributed by atoms with van der Waals surface area (Å²) >= 11 is 0. The van der Waals surface area contributed by atoms with Crippen LogP contribution in [0, 0.1) is 5.92 Å². The largest absolute Gasteiger partial charge is 0.0853 e. The highest BCUT2D eigenvalue weighted by molar-refractivity contribution is 5.14. The Bertz CT molecular complexity index is 231. The molecule has 1 unspecified atom stereocenters. The lowest BCUT2D eigenvalue weighted by atomic mass is 10.1. The fraction of sp³-hybridized carbons (Fsp3) is 0.750. The maximum atomic E-state index is 2.34. The highest BCUT2D eigenvalue weighted by atomic mass is 14.1. The van der Waals surface area contributed by atoms with Crippen LogP contribution in [0.5, 0.6) is 0 Å². The molecule has 0 aromatic carbocycles. The third-order valence-corrected chi connectivity index (χ3v) is 3.68. The normalized spacial score (nSPS) is 22.8. The van der Waals surface area contributed by atoms with E-state index in [2.05, 4.69) is 33.8 Å². The van der Waals surface area contributed by atoms with Crippen LogP contribution in [-0.4, -0.2) is 0 Å². The molecule has 0 aromatic rings. The summed E-state index contributed by atoms with van der Waals surface area (Å²) in [5.74, 6) is 0.875. The minimum absolute atomic E-state index is 0. The number of allylic oxidation sites excluding steroid dienone is 4. The summed E-state index contributed by atoms with van der Waals surface area (Å²) in [7, 11) is 0. The van der Waals surface area contributed by atoms with Crippen LogP contribution >= 0.6 is 0 Å². The second-order valence-electron chi connectivity index (χ2n) is 4.84. The van der Waals surface area contributed by atoms with Gasteiger partial charge < -0.3 is 0 Å². The summed E-state index contributed by atoms with van der Waals surface area (Å²) in [5, 5.41) is 0. The molecule has 0 saturated carbocycles. The van der Waals surface area contributed by atoms with E-state index in [0.717, 1.165) is 5.92 Å². The molecule has 0 N–H and O–H groups in total. The third kappa shape index (κ3) is 5.53. The van der Waals surface area contributed by atoms with E-state index in [9.17, 15) is 0 Å².